The molecule has 23 heavy (non-hydrogen) atoms. The number of rotatable bonds is 4. The van der Waals surface area contributed by atoms with Gasteiger partial charge in [-0.3, -0.25) is 0 Å². The van der Waals surface area contributed by atoms with Crippen molar-refractivity contribution in [3.8, 4) is 11.5 Å². The zero-order valence-electron chi connectivity index (χ0n) is 12.3. The quantitative estimate of drug-likeness (QED) is 0.640. The highest BCUT2D eigenvalue weighted by molar-refractivity contribution is 5.92. The molecule has 0 radical (unpaired) electrons. The third-order valence-corrected chi connectivity index (χ3v) is 2.89. The molecule has 0 fully saturated rings. The molecule has 2 aromatic carbocycles. The summed E-state index contributed by atoms with van der Waals surface area (Å²) in [5.74, 6) is -3.26. The number of carbonyl (C=O) groups is 2. The lowest BCUT2D eigenvalue weighted by atomic mass is 10.2. The van der Waals surface area contributed by atoms with Gasteiger partial charge in [-0.05, 0) is 30.3 Å². The Morgan fingerprint density at radius 3 is 2.04 bits per heavy atom. The van der Waals surface area contributed by atoms with Gasteiger partial charge < -0.3 is 14.2 Å². The number of halogens is 2. The van der Waals surface area contributed by atoms with Crippen LogP contribution in [0, 0.1) is 11.6 Å². The second kappa shape index (κ2) is 6.87. The monoisotopic (exact) mass is 322 g/mol. The van der Waals surface area contributed by atoms with Crippen molar-refractivity contribution in [3.05, 3.63) is 59.2 Å². The first kappa shape index (κ1) is 16.4. The minimum atomic E-state index is -0.965. The van der Waals surface area contributed by atoms with Crippen molar-refractivity contribution in [3.63, 3.8) is 0 Å². The molecule has 5 nitrogen and oxygen atoms in total. The average Bonchev–Trinajstić information content (AvgIpc) is 2.53. The molecule has 0 N–H and O–H groups in total. The molecule has 2 rings (SSSR count). The second-order valence-electron chi connectivity index (χ2n) is 4.40. The van der Waals surface area contributed by atoms with E-state index in [4.69, 9.17) is 9.47 Å². The number of hydrogen-bond acceptors (Lipinski definition) is 5. The fourth-order valence-electron chi connectivity index (χ4n) is 1.83. The Morgan fingerprint density at radius 2 is 1.48 bits per heavy atom. The summed E-state index contributed by atoms with van der Waals surface area (Å²) >= 11 is 0. The van der Waals surface area contributed by atoms with Crippen molar-refractivity contribution in [1.29, 1.82) is 0 Å². The van der Waals surface area contributed by atoms with Crippen LogP contribution in [0.2, 0.25) is 0 Å². The van der Waals surface area contributed by atoms with Gasteiger partial charge in [-0.1, -0.05) is 0 Å². The van der Waals surface area contributed by atoms with E-state index < -0.39 is 23.6 Å². The maximum absolute atomic E-state index is 13.1. The van der Waals surface area contributed by atoms with E-state index in [-0.39, 0.29) is 22.6 Å². The maximum Gasteiger partial charge on any atom is 0.343 e. The SMILES string of the molecule is COC(=O)c1ccc(OC(=O)c2cc(F)cc(F)c2)c(OC)c1. The van der Waals surface area contributed by atoms with Crippen molar-refractivity contribution in [2.45, 2.75) is 0 Å². The lowest BCUT2D eigenvalue weighted by Gasteiger charge is -2.10. The molecule has 0 unspecified atom stereocenters. The molecular weight excluding hydrogens is 310 g/mol. The highest BCUT2D eigenvalue weighted by Gasteiger charge is 2.16. The topological polar surface area (TPSA) is 61.8 Å². The molecule has 120 valence electrons. The molecule has 0 aromatic heterocycles. The van der Waals surface area contributed by atoms with Gasteiger partial charge in [0.1, 0.15) is 11.6 Å². The van der Waals surface area contributed by atoms with Gasteiger partial charge in [0, 0.05) is 6.07 Å². The summed E-state index contributed by atoms with van der Waals surface area (Å²) in [7, 11) is 2.54. The Morgan fingerprint density at radius 1 is 0.826 bits per heavy atom. The largest absolute Gasteiger partial charge is 0.493 e. The third kappa shape index (κ3) is 3.82. The normalized spacial score (nSPS) is 10.1. The molecule has 0 aliphatic heterocycles. The Kier molecular flexibility index (Phi) is 4.90. The Labute approximate surface area is 130 Å². The van der Waals surface area contributed by atoms with Gasteiger partial charge in [0.15, 0.2) is 11.5 Å². The Bertz CT molecular complexity index is 738. The molecule has 0 aliphatic carbocycles. The summed E-state index contributed by atoms with van der Waals surface area (Å²) in [5, 5.41) is 0. The highest BCUT2D eigenvalue weighted by atomic mass is 19.1. The van der Waals surface area contributed by atoms with Gasteiger partial charge in [-0.15, -0.1) is 0 Å². The lowest BCUT2D eigenvalue weighted by molar-refractivity contribution is 0.0600. The van der Waals surface area contributed by atoms with Crippen LogP contribution in [0.5, 0.6) is 11.5 Å². The van der Waals surface area contributed by atoms with E-state index in [1.165, 1.54) is 32.4 Å². The third-order valence-electron chi connectivity index (χ3n) is 2.89. The zero-order chi connectivity index (χ0) is 17.0. The van der Waals surface area contributed by atoms with E-state index >= 15 is 0 Å². The van der Waals surface area contributed by atoms with Crippen molar-refractivity contribution in [1.82, 2.24) is 0 Å². The number of esters is 2. The summed E-state index contributed by atoms with van der Waals surface area (Å²) in [6, 6.07) is 6.34. The number of methoxy groups -OCH3 is 2. The molecule has 7 heteroatoms. The first-order chi connectivity index (χ1) is 10.9. The fraction of sp³-hybridized carbons (Fsp3) is 0.125. The summed E-state index contributed by atoms with van der Waals surface area (Å²) in [4.78, 5) is 23.4. The van der Waals surface area contributed by atoms with Gasteiger partial charge in [0.25, 0.3) is 0 Å². The predicted molar refractivity (Wildman–Crippen MR) is 75.7 cm³/mol. The smallest absolute Gasteiger partial charge is 0.343 e. The van der Waals surface area contributed by atoms with Crippen LogP contribution in [0.25, 0.3) is 0 Å². The van der Waals surface area contributed by atoms with E-state index in [2.05, 4.69) is 4.74 Å². The van der Waals surface area contributed by atoms with Crippen molar-refractivity contribution in [2.24, 2.45) is 0 Å². The Balaban J connectivity index is 2.28. The van der Waals surface area contributed by atoms with Crippen molar-refractivity contribution >= 4 is 11.9 Å². The van der Waals surface area contributed by atoms with Crippen LogP contribution in [0.3, 0.4) is 0 Å². The molecule has 0 heterocycles. The fourth-order valence-corrected chi connectivity index (χ4v) is 1.83. The van der Waals surface area contributed by atoms with E-state index in [1.807, 2.05) is 0 Å². The van der Waals surface area contributed by atoms with E-state index in [0.717, 1.165) is 12.1 Å². The van der Waals surface area contributed by atoms with E-state index in [0.29, 0.717) is 6.07 Å². The number of benzene rings is 2. The molecule has 0 atom stereocenters. The Hall–Kier alpha value is -2.96. The summed E-state index contributed by atoms with van der Waals surface area (Å²) in [5.41, 5.74) is -0.0949. The molecular formula is C16H12F2O5. The molecule has 0 spiro atoms. The maximum atomic E-state index is 13.1. The molecule has 0 amide bonds. The molecule has 0 bridgehead atoms. The van der Waals surface area contributed by atoms with Crippen LogP contribution in [-0.4, -0.2) is 26.2 Å². The molecule has 0 saturated carbocycles. The van der Waals surface area contributed by atoms with Crippen LogP contribution in [0.4, 0.5) is 8.78 Å². The summed E-state index contributed by atoms with van der Waals surface area (Å²) < 4.78 is 40.9. The minimum Gasteiger partial charge on any atom is -0.493 e. The summed E-state index contributed by atoms with van der Waals surface area (Å²) in [6.45, 7) is 0. The van der Waals surface area contributed by atoms with Crippen LogP contribution in [0.15, 0.2) is 36.4 Å². The van der Waals surface area contributed by atoms with Crippen molar-refractivity contribution in [2.75, 3.05) is 14.2 Å². The number of carbonyl (C=O) groups excluding carboxylic acids is 2. The predicted octanol–water partition coefficient (Wildman–Crippen LogP) is 2.98. The van der Waals surface area contributed by atoms with Crippen LogP contribution in [-0.2, 0) is 4.74 Å². The summed E-state index contributed by atoms with van der Waals surface area (Å²) in [6.07, 6.45) is 0. The number of hydrogen-bond donors (Lipinski definition) is 0. The van der Waals surface area contributed by atoms with E-state index in [9.17, 15) is 18.4 Å². The molecule has 2 aromatic rings. The van der Waals surface area contributed by atoms with Crippen LogP contribution < -0.4 is 9.47 Å². The highest BCUT2D eigenvalue weighted by Crippen LogP contribution is 2.29. The van der Waals surface area contributed by atoms with Crippen LogP contribution >= 0.6 is 0 Å². The zero-order valence-corrected chi connectivity index (χ0v) is 12.3. The second-order valence-corrected chi connectivity index (χ2v) is 4.40. The molecule has 0 saturated heterocycles. The first-order valence-electron chi connectivity index (χ1n) is 6.39. The van der Waals surface area contributed by atoms with Gasteiger partial charge in [-0.2, -0.15) is 0 Å². The van der Waals surface area contributed by atoms with Crippen molar-refractivity contribution < 1.29 is 32.6 Å². The number of ether oxygens (including phenoxy) is 3. The lowest BCUT2D eigenvalue weighted by Crippen LogP contribution is -2.10. The average molecular weight is 322 g/mol. The minimum absolute atomic E-state index is 0.00479. The van der Waals surface area contributed by atoms with Crippen LogP contribution in [0.1, 0.15) is 20.7 Å². The standard InChI is InChI=1S/C16H12F2O5/c1-21-14-7-9(15(19)22-2)3-4-13(14)23-16(20)10-5-11(17)8-12(18)6-10/h3-8H,1-2H3. The van der Waals surface area contributed by atoms with Gasteiger partial charge in [0.05, 0.1) is 25.3 Å². The van der Waals surface area contributed by atoms with E-state index in [1.54, 1.807) is 0 Å². The first-order valence-corrected chi connectivity index (χ1v) is 6.39. The van der Waals surface area contributed by atoms with Gasteiger partial charge in [-0.25, -0.2) is 18.4 Å². The molecule has 0 aliphatic rings. The van der Waals surface area contributed by atoms with Gasteiger partial charge >= 0.3 is 11.9 Å². The van der Waals surface area contributed by atoms with Gasteiger partial charge in [0.2, 0.25) is 0 Å².